The summed E-state index contributed by atoms with van der Waals surface area (Å²) in [4.78, 5) is 0. The van der Waals surface area contributed by atoms with Crippen LogP contribution in [0, 0.1) is 0 Å². The number of benzene rings is 1. The Labute approximate surface area is 110 Å². The van der Waals surface area contributed by atoms with E-state index in [2.05, 4.69) is 5.10 Å². The number of fused-ring (bicyclic) bond motifs is 1. The molecule has 1 saturated heterocycles. The van der Waals surface area contributed by atoms with E-state index in [0.717, 1.165) is 42.3 Å². The number of nitrogens with zero attached hydrogens (tertiary/aromatic N) is 2. The topological polar surface area (TPSA) is 47.3 Å². The van der Waals surface area contributed by atoms with E-state index < -0.39 is 0 Å². The Morgan fingerprint density at radius 1 is 1.44 bits per heavy atom. The molecule has 1 aliphatic heterocycles. The number of aliphatic hydroxyl groups is 1. The van der Waals surface area contributed by atoms with Gasteiger partial charge < -0.3 is 9.84 Å². The standard InChI is InChI=1S/C13H15ClN2O2/c14-11-5-9-7-15-16(12(9)6-10(11)8-17)13-3-1-2-4-18-13/h5-7,13,17H,1-4,8H2. The lowest BCUT2D eigenvalue weighted by Gasteiger charge is -2.23. The van der Waals surface area contributed by atoms with Crippen LogP contribution in [-0.2, 0) is 11.3 Å². The maximum atomic E-state index is 9.27. The summed E-state index contributed by atoms with van der Waals surface area (Å²) in [5.74, 6) is 0. The minimum absolute atomic E-state index is 0.00367. The predicted octanol–water partition coefficient (Wildman–Crippen LogP) is 2.88. The molecular weight excluding hydrogens is 252 g/mol. The van der Waals surface area contributed by atoms with Crippen LogP contribution in [0.4, 0.5) is 0 Å². The molecule has 0 aliphatic carbocycles. The zero-order valence-electron chi connectivity index (χ0n) is 9.97. The molecule has 0 radical (unpaired) electrons. The summed E-state index contributed by atoms with van der Waals surface area (Å²) in [5, 5.41) is 15.2. The number of aromatic nitrogens is 2. The monoisotopic (exact) mass is 266 g/mol. The van der Waals surface area contributed by atoms with Gasteiger partial charge in [0.1, 0.15) is 0 Å². The summed E-state index contributed by atoms with van der Waals surface area (Å²) >= 11 is 6.07. The number of halogens is 1. The molecule has 1 aromatic heterocycles. The first-order valence-corrected chi connectivity index (χ1v) is 6.55. The summed E-state index contributed by atoms with van der Waals surface area (Å²) in [7, 11) is 0. The summed E-state index contributed by atoms with van der Waals surface area (Å²) in [5.41, 5.74) is 1.69. The van der Waals surface area contributed by atoms with Gasteiger partial charge in [-0.2, -0.15) is 5.10 Å². The van der Waals surface area contributed by atoms with Gasteiger partial charge >= 0.3 is 0 Å². The van der Waals surface area contributed by atoms with Crippen LogP contribution in [0.5, 0.6) is 0 Å². The first-order chi connectivity index (χ1) is 8.79. The third-order valence-electron chi connectivity index (χ3n) is 3.36. The van der Waals surface area contributed by atoms with Crippen LogP contribution in [0.25, 0.3) is 10.9 Å². The summed E-state index contributed by atoms with van der Waals surface area (Å²) in [6, 6.07) is 3.73. The van der Waals surface area contributed by atoms with Crippen molar-refractivity contribution in [1.29, 1.82) is 0 Å². The molecular formula is C13H15ClN2O2. The molecule has 0 saturated carbocycles. The van der Waals surface area contributed by atoms with E-state index in [-0.39, 0.29) is 12.8 Å². The smallest absolute Gasteiger partial charge is 0.150 e. The maximum absolute atomic E-state index is 9.27. The molecule has 4 nitrogen and oxygen atoms in total. The van der Waals surface area contributed by atoms with Crippen molar-refractivity contribution in [2.75, 3.05) is 6.61 Å². The van der Waals surface area contributed by atoms with E-state index in [9.17, 15) is 5.11 Å². The van der Waals surface area contributed by atoms with Crippen molar-refractivity contribution in [2.45, 2.75) is 32.1 Å². The Morgan fingerprint density at radius 3 is 3.06 bits per heavy atom. The molecule has 5 heteroatoms. The molecule has 18 heavy (non-hydrogen) atoms. The first kappa shape index (κ1) is 12.0. The molecule has 0 spiro atoms. The van der Waals surface area contributed by atoms with Crippen LogP contribution in [-0.4, -0.2) is 21.5 Å². The van der Waals surface area contributed by atoms with Crippen molar-refractivity contribution >= 4 is 22.5 Å². The van der Waals surface area contributed by atoms with Crippen LogP contribution >= 0.6 is 11.6 Å². The first-order valence-electron chi connectivity index (χ1n) is 6.17. The second-order valence-corrected chi connectivity index (χ2v) is 4.98. The van der Waals surface area contributed by atoms with E-state index in [1.807, 2.05) is 16.8 Å². The minimum Gasteiger partial charge on any atom is -0.392 e. The second-order valence-electron chi connectivity index (χ2n) is 4.57. The van der Waals surface area contributed by atoms with Gasteiger partial charge in [0.15, 0.2) is 6.23 Å². The third kappa shape index (κ3) is 2.00. The van der Waals surface area contributed by atoms with Crippen LogP contribution in [0.15, 0.2) is 18.3 Å². The van der Waals surface area contributed by atoms with Gasteiger partial charge in [-0.25, -0.2) is 4.68 Å². The summed E-state index contributed by atoms with van der Waals surface area (Å²) in [6.45, 7) is 0.720. The Kier molecular flexibility index (Phi) is 3.24. The van der Waals surface area contributed by atoms with Crippen LogP contribution in [0.1, 0.15) is 31.1 Å². The molecule has 2 heterocycles. The molecule has 0 bridgehead atoms. The van der Waals surface area contributed by atoms with Gasteiger partial charge in [-0.15, -0.1) is 0 Å². The fraction of sp³-hybridized carbons (Fsp3) is 0.462. The normalized spacial score (nSPS) is 20.4. The summed E-state index contributed by atoms with van der Waals surface area (Å²) < 4.78 is 7.63. The number of hydrogen-bond acceptors (Lipinski definition) is 3. The van der Waals surface area contributed by atoms with E-state index in [1.165, 1.54) is 0 Å². The molecule has 1 aliphatic rings. The van der Waals surface area contributed by atoms with Gasteiger partial charge in [-0.05, 0) is 37.0 Å². The van der Waals surface area contributed by atoms with Crippen molar-refractivity contribution < 1.29 is 9.84 Å². The van der Waals surface area contributed by atoms with Gasteiger partial charge in [0.05, 0.1) is 18.3 Å². The van der Waals surface area contributed by atoms with Crippen molar-refractivity contribution in [1.82, 2.24) is 9.78 Å². The van der Waals surface area contributed by atoms with Crippen molar-refractivity contribution in [3.63, 3.8) is 0 Å². The van der Waals surface area contributed by atoms with Crippen LogP contribution in [0.2, 0.25) is 5.02 Å². The number of hydrogen-bond donors (Lipinski definition) is 1. The summed E-state index contributed by atoms with van der Waals surface area (Å²) in [6.07, 6.45) is 5.05. The van der Waals surface area contributed by atoms with Gasteiger partial charge in [0, 0.05) is 17.0 Å². The third-order valence-corrected chi connectivity index (χ3v) is 3.71. The van der Waals surface area contributed by atoms with Crippen molar-refractivity contribution in [3.8, 4) is 0 Å². The second kappa shape index (κ2) is 4.88. The lowest BCUT2D eigenvalue weighted by atomic mass is 10.1. The average molecular weight is 267 g/mol. The fourth-order valence-corrected chi connectivity index (χ4v) is 2.61. The van der Waals surface area contributed by atoms with E-state index in [1.54, 1.807) is 6.20 Å². The van der Waals surface area contributed by atoms with Gasteiger partial charge in [-0.3, -0.25) is 0 Å². The molecule has 96 valence electrons. The quantitative estimate of drug-likeness (QED) is 0.909. The Morgan fingerprint density at radius 2 is 2.33 bits per heavy atom. The zero-order valence-corrected chi connectivity index (χ0v) is 10.7. The molecule has 1 fully saturated rings. The molecule has 0 amide bonds. The highest BCUT2D eigenvalue weighted by atomic mass is 35.5. The van der Waals surface area contributed by atoms with Crippen molar-refractivity contribution in [2.24, 2.45) is 0 Å². The van der Waals surface area contributed by atoms with E-state index in [0.29, 0.717) is 5.02 Å². The van der Waals surface area contributed by atoms with Gasteiger partial charge in [-0.1, -0.05) is 11.6 Å². The lowest BCUT2D eigenvalue weighted by molar-refractivity contribution is -0.0366. The minimum atomic E-state index is -0.0640. The molecule has 1 unspecified atom stereocenters. The zero-order chi connectivity index (χ0) is 12.5. The SMILES string of the molecule is OCc1cc2c(cnn2C2CCCCO2)cc1Cl. The highest BCUT2D eigenvalue weighted by Gasteiger charge is 2.19. The van der Waals surface area contributed by atoms with Crippen LogP contribution < -0.4 is 0 Å². The van der Waals surface area contributed by atoms with Crippen LogP contribution in [0.3, 0.4) is 0 Å². The fourth-order valence-electron chi connectivity index (χ4n) is 2.38. The molecule has 1 aromatic carbocycles. The van der Waals surface area contributed by atoms with Gasteiger partial charge in [0.25, 0.3) is 0 Å². The highest BCUT2D eigenvalue weighted by Crippen LogP contribution is 2.29. The number of ether oxygens (including phenoxy) is 1. The highest BCUT2D eigenvalue weighted by molar-refractivity contribution is 6.32. The van der Waals surface area contributed by atoms with E-state index >= 15 is 0 Å². The van der Waals surface area contributed by atoms with Gasteiger partial charge in [0.2, 0.25) is 0 Å². The van der Waals surface area contributed by atoms with E-state index in [4.69, 9.17) is 16.3 Å². The number of aliphatic hydroxyl groups excluding tert-OH is 1. The lowest BCUT2D eigenvalue weighted by Crippen LogP contribution is -2.19. The largest absolute Gasteiger partial charge is 0.392 e. The molecule has 2 aromatic rings. The average Bonchev–Trinajstić information content (AvgIpc) is 2.81. The molecule has 3 rings (SSSR count). The molecule has 1 N–H and O–H groups in total. The number of rotatable bonds is 2. The van der Waals surface area contributed by atoms with Crippen molar-refractivity contribution in [3.05, 3.63) is 28.9 Å². The molecule has 1 atom stereocenters. The Balaban J connectivity index is 2.06. The Hall–Kier alpha value is -1.10. The maximum Gasteiger partial charge on any atom is 0.150 e. The Bertz CT molecular complexity index is 561. The predicted molar refractivity (Wildman–Crippen MR) is 69.5 cm³/mol.